The Morgan fingerprint density at radius 3 is 2.32 bits per heavy atom. The van der Waals surface area contributed by atoms with Crippen LogP contribution in [-0.2, 0) is 9.53 Å². The summed E-state index contributed by atoms with van der Waals surface area (Å²) in [5.41, 5.74) is -0.243. The van der Waals surface area contributed by atoms with Crippen molar-refractivity contribution in [3.8, 4) is 5.75 Å². The van der Waals surface area contributed by atoms with E-state index in [0.29, 0.717) is 17.6 Å². The van der Waals surface area contributed by atoms with Gasteiger partial charge in [0.1, 0.15) is 24.2 Å². The van der Waals surface area contributed by atoms with Crippen LogP contribution in [0, 0.1) is 0 Å². The van der Waals surface area contributed by atoms with Gasteiger partial charge in [-0.15, -0.1) is 0 Å². The number of benzene rings is 1. The molecule has 0 saturated heterocycles. The van der Waals surface area contributed by atoms with Crippen molar-refractivity contribution in [2.75, 3.05) is 6.61 Å². The first-order valence-electron chi connectivity index (χ1n) is 6.61. The zero-order chi connectivity index (χ0) is 16.8. The summed E-state index contributed by atoms with van der Waals surface area (Å²) in [6.45, 7) is 4.75. The average Bonchev–Trinajstić information content (AvgIpc) is 2.41. The molecule has 0 aromatic heterocycles. The highest BCUT2D eigenvalue weighted by atomic mass is 16.6. The number of alkyl carbamates (subject to hydrolysis) is 1. The van der Waals surface area contributed by atoms with Crippen LogP contribution in [0.2, 0.25) is 0 Å². The quantitative estimate of drug-likeness (QED) is 0.778. The zero-order valence-electron chi connectivity index (χ0n) is 12.7. The van der Waals surface area contributed by atoms with Crippen LogP contribution in [0.15, 0.2) is 24.3 Å². The number of rotatable bonds is 6. The SMILES string of the molecule is CC(C)(C)OC(=O)N[C@@H](COc1ccc(C=O)cc1)C(=O)O. The maximum absolute atomic E-state index is 11.6. The summed E-state index contributed by atoms with van der Waals surface area (Å²) in [6.07, 6.45) is -0.145. The molecule has 0 aliphatic rings. The molecule has 1 aromatic carbocycles. The van der Waals surface area contributed by atoms with Crippen LogP contribution in [0.3, 0.4) is 0 Å². The Bertz CT molecular complexity index is 532. The smallest absolute Gasteiger partial charge is 0.408 e. The number of amides is 1. The van der Waals surface area contributed by atoms with Crippen molar-refractivity contribution in [3.63, 3.8) is 0 Å². The van der Waals surface area contributed by atoms with Crippen molar-refractivity contribution in [3.05, 3.63) is 29.8 Å². The van der Waals surface area contributed by atoms with Gasteiger partial charge in [0.05, 0.1) is 0 Å². The van der Waals surface area contributed by atoms with Crippen molar-refractivity contribution in [1.82, 2.24) is 5.32 Å². The second-order valence-electron chi connectivity index (χ2n) is 5.53. The van der Waals surface area contributed by atoms with Gasteiger partial charge in [-0.3, -0.25) is 4.79 Å². The van der Waals surface area contributed by atoms with E-state index in [-0.39, 0.29) is 6.61 Å². The maximum atomic E-state index is 11.6. The number of aliphatic carboxylic acids is 1. The first kappa shape index (κ1) is 17.5. The minimum atomic E-state index is -1.25. The van der Waals surface area contributed by atoms with Crippen LogP contribution in [0.25, 0.3) is 0 Å². The second-order valence-corrected chi connectivity index (χ2v) is 5.53. The molecule has 1 aromatic rings. The third-order valence-electron chi connectivity index (χ3n) is 2.42. The van der Waals surface area contributed by atoms with E-state index in [1.54, 1.807) is 32.9 Å². The van der Waals surface area contributed by atoms with Crippen molar-refractivity contribution < 1.29 is 29.0 Å². The Balaban J connectivity index is 2.58. The summed E-state index contributed by atoms with van der Waals surface area (Å²) < 4.78 is 10.3. The van der Waals surface area contributed by atoms with E-state index < -0.39 is 23.7 Å². The van der Waals surface area contributed by atoms with Gasteiger partial charge in [0.2, 0.25) is 0 Å². The molecule has 0 heterocycles. The van der Waals surface area contributed by atoms with Gasteiger partial charge < -0.3 is 19.9 Å². The Morgan fingerprint density at radius 1 is 1.27 bits per heavy atom. The second kappa shape index (κ2) is 7.44. The molecule has 120 valence electrons. The monoisotopic (exact) mass is 309 g/mol. The molecule has 0 unspecified atom stereocenters. The van der Waals surface area contributed by atoms with Crippen LogP contribution >= 0.6 is 0 Å². The number of aldehydes is 1. The molecule has 0 fully saturated rings. The molecule has 1 rings (SSSR count). The molecular weight excluding hydrogens is 290 g/mol. The summed E-state index contributed by atoms with van der Waals surface area (Å²) in [4.78, 5) is 33.2. The number of nitrogens with one attached hydrogen (secondary N) is 1. The minimum Gasteiger partial charge on any atom is -0.491 e. The fourth-order valence-corrected chi connectivity index (χ4v) is 1.45. The normalized spacial score (nSPS) is 12.1. The Labute approximate surface area is 128 Å². The van der Waals surface area contributed by atoms with Gasteiger partial charge >= 0.3 is 12.1 Å². The lowest BCUT2D eigenvalue weighted by Crippen LogP contribution is -2.46. The fourth-order valence-electron chi connectivity index (χ4n) is 1.45. The van der Waals surface area contributed by atoms with E-state index in [1.165, 1.54) is 12.1 Å². The highest BCUT2D eigenvalue weighted by Gasteiger charge is 2.24. The largest absolute Gasteiger partial charge is 0.491 e. The molecule has 7 nitrogen and oxygen atoms in total. The topological polar surface area (TPSA) is 102 Å². The summed E-state index contributed by atoms with van der Waals surface area (Å²) in [6, 6.07) is 4.91. The van der Waals surface area contributed by atoms with Gasteiger partial charge in [0, 0.05) is 5.56 Å². The highest BCUT2D eigenvalue weighted by Crippen LogP contribution is 2.12. The van der Waals surface area contributed by atoms with Crippen molar-refractivity contribution in [2.24, 2.45) is 0 Å². The highest BCUT2D eigenvalue weighted by molar-refractivity contribution is 5.80. The molecule has 1 amide bonds. The molecular formula is C15H19NO6. The Morgan fingerprint density at radius 2 is 1.86 bits per heavy atom. The first-order chi connectivity index (χ1) is 10.2. The van der Waals surface area contributed by atoms with Gasteiger partial charge in [-0.25, -0.2) is 9.59 Å². The van der Waals surface area contributed by atoms with Crippen LogP contribution < -0.4 is 10.1 Å². The average molecular weight is 309 g/mol. The van der Waals surface area contributed by atoms with E-state index in [4.69, 9.17) is 14.6 Å². The molecule has 22 heavy (non-hydrogen) atoms. The van der Waals surface area contributed by atoms with Crippen LogP contribution in [0.1, 0.15) is 31.1 Å². The van der Waals surface area contributed by atoms with Crippen molar-refractivity contribution >= 4 is 18.3 Å². The van der Waals surface area contributed by atoms with Gasteiger partial charge in [0.15, 0.2) is 6.04 Å². The van der Waals surface area contributed by atoms with Crippen molar-refractivity contribution in [2.45, 2.75) is 32.4 Å². The molecule has 0 aliphatic heterocycles. The number of carboxylic acid groups (broad SMARTS) is 1. The van der Waals surface area contributed by atoms with Crippen LogP contribution in [-0.4, -0.2) is 41.7 Å². The molecule has 2 N–H and O–H groups in total. The van der Waals surface area contributed by atoms with E-state index >= 15 is 0 Å². The Hall–Kier alpha value is -2.57. The predicted molar refractivity (Wildman–Crippen MR) is 78.1 cm³/mol. The third kappa shape index (κ3) is 6.25. The van der Waals surface area contributed by atoms with Gasteiger partial charge in [-0.1, -0.05) is 0 Å². The lowest BCUT2D eigenvalue weighted by atomic mass is 10.2. The molecule has 1 atom stereocenters. The minimum absolute atomic E-state index is 0.269. The molecule has 0 saturated carbocycles. The lowest BCUT2D eigenvalue weighted by molar-refractivity contribution is -0.140. The maximum Gasteiger partial charge on any atom is 0.408 e. The lowest BCUT2D eigenvalue weighted by Gasteiger charge is -2.22. The molecule has 0 radical (unpaired) electrons. The summed E-state index contributed by atoms with van der Waals surface area (Å²) in [7, 11) is 0. The first-order valence-corrected chi connectivity index (χ1v) is 6.61. The molecule has 0 bridgehead atoms. The number of hydrogen-bond acceptors (Lipinski definition) is 5. The Kier molecular flexibility index (Phi) is 5.91. The summed E-state index contributed by atoms with van der Waals surface area (Å²) >= 11 is 0. The van der Waals surface area contributed by atoms with Gasteiger partial charge in [0.25, 0.3) is 0 Å². The van der Waals surface area contributed by atoms with Gasteiger partial charge in [-0.2, -0.15) is 0 Å². The summed E-state index contributed by atoms with van der Waals surface area (Å²) in [5.74, 6) is -0.849. The van der Waals surface area contributed by atoms with Crippen LogP contribution in [0.5, 0.6) is 5.75 Å². The number of hydrogen-bond donors (Lipinski definition) is 2. The number of carboxylic acids is 1. The molecule has 0 aliphatic carbocycles. The van der Waals surface area contributed by atoms with Crippen LogP contribution in [0.4, 0.5) is 4.79 Å². The fraction of sp³-hybridized carbons (Fsp3) is 0.400. The van der Waals surface area contributed by atoms with Gasteiger partial charge in [-0.05, 0) is 45.0 Å². The number of carbonyl (C=O) groups is 3. The third-order valence-corrected chi connectivity index (χ3v) is 2.42. The van der Waals surface area contributed by atoms with E-state index in [0.717, 1.165) is 0 Å². The molecule has 7 heteroatoms. The standard InChI is InChI=1S/C15H19NO6/c1-15(2,3)22-14(20)16-12(13(18)19)9-21-11-6-4-10(8-17)5-7-11/h4-8,12H,9H2,1-3H3,(H,16,20)(H,18,19)/t12-/m0/s1. The number of carbonyl (C=O) groups excluding carboxylic acids is 2. The van der Waals surface area contributed by atoms with E-state index in [9.17, 15) is 14.4 Å². The predicted octanol–water partition coefficient (Wildman–Crippen LogP) is 1.86. The van der Waals surface area contributed by atoms with E-state index in [1.807, 2.05) is 0 Å². The van der Waals surface area contributed by atoms with Crippen molar-refractivity contribution in [1.29, 1.82) is 0 Å². The zero-order valence-corrected chi connectivity index (χ0v) is 12.7. The number of ether oxygens (including phenoxy) is 2. The molecule has 0 spiro atoms. The van der Waals surface area contributed by atoms with E-state index in [2.05, 4.69) is 5.32 Å². The summed E-state index contributed by atoms with van der Waals surface area (Å²) in [5, 5.41) is 11.3.